The van der Waals surface area contributed by atoms with Crippen LogP contribution in [-0.2, 0) is 22.5 Å². The Morgan fingerprint density at radius 2 is 1.79 bits per heavy atom. The molecular formula is C23H19NO4. The Labute approximate surface area is 161 Å². The Morgan fingerprint density at radius 1 is 1.00 bits per heavy atom. The van der Waals surface area contributed by atoms with Crippen molar-refractivity contribution in [2.24, 2.45) is 0 Å². The van der Waals surface area contributed by atoms with Crippen LogP contribution in [0.1, 0.15) is 21.5 Å². The van der Waals surface area contributed by atoms with Crippen molar-refractivity contribution in [1.29, 1.82) is 0 Å². The van der Waals surface area contributed by atoms with Gasteiger partial charge in [0.05, 0.1) is 25.4 Å². The van der Waals surface area contributed by atoms with Gasteiger partial charge >= 0.3 is 5.97 Å². The summed E-state index contributed by atoms with van der Waals surface area (Å²) in [6.07, 6.45) is 1.89. The van der Waals surface area contributed by atoms with Crippen molar-refractivity contribution >= 4 is 33.6 Å². The number of ether oxygens (including phenoxy) is 1. The fraction of sp³-hybridized carbons (Fsp3) is 0.130. The molecule has 1 aromatic heterocycles. The number of hydrogen-bond acceptors (Lipinski definition) is 4. The largest absolute Gasteiger partial charge is 0.465 e. The number of furan rings is 1. The van der Waals surface area contributed by atoms with Crippen LogP contribution in [0.3, 0.4) is 0 Å². The number of rotatable bonds is 5. The van der Waals surface area contributed by atoms with E-state index in [1.54, 1.807) is 30.5 Å². The highest BCUT2D eigenvalue weighted by Crippen LogP contribution is 2.30. The lowest BCUT2D eigenvalue weighted by Gasteiger charge is -2.06. The molecule has 0 aliphatic rings. The Morgan fingerprint density at radius 3 is 2.57 bits per heavy atom. The zero-order chi connectivity index (χ0) is 19.5. The second-order valence-corrected chi connectivity index (χ2v) is 6.56. The van der Waals surface area contributed by atoms with Gasteiger partial charge in [-0.3, -0.25) is 4.79 Å². The van der Waals surface area contributed by atoms with Gasteiger partial charge in [0.1, 0.15) is 5.58 Å². The highest BCUT2D eigenvalue weighted by atomic mass is 16.5. The number of carbonyl (C=O) groups is 2. The average Bonchev–Trinajstić information content (AvgIpc) is 3.15. The molecule has 0 spiro atoms. The number of hydrogen-bond donors (Lipinski definition) is 1. The van der Waals surface area contributed by atoms with Crippen LogP contribution in [0, 0.1) is 0 Å². The summed E-state index contributed by atoms with van der Waals surface area (Å²) < 4.78 is 10.3. The van der Waals surface area contributed by atoms with Crippen molar-refractivity contribution in [2.45, 2.75) is 13.0 Å². The predicted octanol–water partition coefficient (Wildman–Crippen LogP) is 4.23. The monoisotopic (exact) mass is 373 g/mol. The maximum atomic E-state index is 12.5. The Bertz CT molecular complexity index is 1160. The van der Waals surface area contributed by atoms with Crippen LogP contribution in [0.25, 0.3) is 21.7 Å². The summed E-state index contributed by atoms with van der Waals surface area (Å²) in [7, 11) is 1.35. The molecule has 1 N–H and O–H groups in total. The van der Waals surface area contributed by atoms with Gasteiger partial charge in [-0.15, -0.1) is 0 Å². The summed E-state index contributed by atoms with van der Waals surface area (Å²) in [5.74, 6) is -0.470. The zero-order valence-corrected chi connectivity index (χ0v) is 15.4. The number of amides is 1. The average molecular weight is 373 g/mol. The van der Waals surface area contributed by atoms with E-state index in [9.17, 15) is 9.59 Å². The molecule has 0 radical (unpaired) electrons. The molecule has 1 heterocycles. The number of esters is 1. The van der Waals surface area contributed by atoms with E-state index in [2.05, 4.69) is 10.1 Å². The number of carbonyl (C=O) groups excluding carboxylic acids is 2. The third-order valence-corrected chi connectivity index (χ3v) is 4.76. The van der Waals surface area contributed by atoms with Gasteiger partial charge in [-0.2, -0.15) is 0 Å². The van der Waals surface area contributed by atoms with Crippen molar-refractivity contribution in [3.8, 4) is 0 Å². The molecule has 0 aliphatic heterocycles. The first kappa shape index (κ1) is 17.8. The Balaban J connectivity index is 1.47. The van der Waals surface area contributed by atoms with Gasteiger partial charge in [-0.1, -0.05) is 42.5 Å². The molecule has 3 aromatic carbocycles. The summed E-state index contributed by atoms with van der Waals surface area (Å²) >= 11 is 0. The third-order valence-electron chi connectivity index (χ3n) is 4.76. The van der Waals surface area contributed by atoms with Crippen molar-refractivity contribution in [3.05, 3.63) is 83.6 Å². The molecule has 1 amide bonds. The van der Waals surface area contributed by atoms with Crippen molar-refractivity contribution in [3.63, 3.8) is 0 Å². The minimum absolute atomic E-state index is 0.0901. The van der Waals surface area contributed by atoms with Crippen LogP contribution < -0.4 is 5.32 Å². The van der Waals surface area contributed by atoms with Gasteiger partial charge in [-0.25, -0.2) is 4.79 Å². The SMILES string of the molecule is COC(=O)c1ccc(CNC(=O)Cc2coc3ccc4ccccc4c23)cc1. The molecule has 0 saturated heterocycles. The predicted molar refractivity (Wildman–Crippen MR) is 107 cm³/mol. The van der Waals surface area contributed by atoms with E-state index in [0.717, 1.165) is 32.9 Å². The topological polar surface area (TPSA) is 68.5 Å². The van der Waals surface area contributed by atoms with Crippen LogP contribution >= 0.6 is 0 Å². The van der Waals surface area contributed by atoms with Crippen molar-refractivity contribution < 1.29 is 18.7 Å². The molecule has 0 atom stereocenters. The molecule has 4 rings (SSSR count). The zero-order valence-electron chi connectivity index (χ0n) is 15.4. The fourth-order valence-electron chi connectivity index (χ4n) is 3.32. The number of benzene rings is 3. The third kappa shape index (κ3) is 3.47. The molecule has 0 saturated carbocycles. The van der Waals surface area contributed by atoms with Gasteiger partial charge in [0, 0.05) is 17.5 Å². The molecule has 28 heavy (non-hydrogen) atoms. The highest BCUT2D eigenvalue weighted by Gasteiger charge is 2.13. The maximum absolute atomic E-state index is 12.5. The minimum atomic E-state index is -0.380. The molecule has 5 heteroatoms. The maximum Gasteiger partial charge on any atom is 0.337 e. The van der Waals surface area contributed by atoms with E-state index in [4.69, 9.17) is 4.42 Å². The molecule has 0 fully saturated rings. The van der Waals surface area contributed by atoms with E-state index < -0.39 is 0 Å². The van der Waals surface area contributed by atoms with E-state index >= 15 is 0 Å². The lowest BCUT2D eigenvalue weighted by atomic mass is 10.0. The molecule has 0 aliphatic carbocycles. The normalized spacial score (nSPS) is 10.9. The molecule has 0 bridgehead atoms. The van der Waals surface area contributed by atoms with Crippen LogP contribution in [-0.4, -0.2) is 19.0 Å². The quantitative estimate of drug-likeness (QED) is 0.532. The smallest absolute Gasteiger partial charge is 0.337 e. The summed E-state index contributed by atoms with van der Waals surface area (Å²) in [5.41, 5.74) is 3.03. The first-order chi connectivity index (χ1) is 13.7. The van der Waals surface area contributed by atoms with Gasteiger partial charge in [-0.05, 0) is 34.5 Å². The summed E-state index contributed by atoms with van der Waals surface area (Å²) in [4.78, 5) is 23.9. The standard InChI is InChI=1S/C23H19NO4/c1-27-23(26)17-8-6-15(7-9-17)13-24-21(25)12-18-14-28-20-11-10-16-4-2-3-5-19(16)22(18)20/h2-11,14H,12-13H2,1H3,(H,24,25). The number of fused-ring (bicyclic) bond motifs is 3. The fourth-order valence-corrected chi connectivity index (χ4v) is 3.32. The number of methoxy groups -OCH3 is 1. The number of nitrogens with one attached hydrogen (secondary N) is 1. The minimum Gasteiger partial charge on any atom is -0.465 e. The van der Waals surface area contributed by atoms with E-state index in [1.807, 2.05) is 36.4 Å². The molecule has 5 nitrogen and oxygen atoms in total. The Hall–Kier alpha value is -3.60. The van der Waals surface area contributed by atoms with E-state index in [0.29, 0.717) is 12.1 Å². The second kappa shape index (κ2) is 7.56. The first-order valence-electron chi connectivity index (χ1n) is 8.97. The second-order valence-electron chi connectivity index (χ2n) is 6.56. The van der Waals surface area contributed by atoms with Crippen LogP contribution in [0.4, 0.5) is 0 Å². The lowest BCUT2D eigenvalue weighted by molar-refractivity contribution is -0.120. The van der Waals surface area contributed by atoms with Crippen LogP contribution in [0.5, 0.6) is 0 Å². The lowest BCUT2D eigenvalue weighted by Crippen LogP contribution is -2.24. The van der Waals surface area contributed by atoms with E-state index in [1.165, 1.54) is 7.11 Å². The van der Waals surface area contributed by atoms with Crippen LogP contribution in [0.15, 0.2) is 71.3 Å². The van der Waals surface area contributed by atoms with Gasteiger partial charge in [0.2, 0.25) is 5.91 Å². The van der Waals surface area contributed by atoms with Crippen molar-refractivity contribution in [1.82, 2.24) is 5.32 Å². The summed E-state index contributed by atoms with van der Waals surface area (Å²) in [6.45, 7) is 0.386. The summed E-state index contributed by atoms with van der Waals surface area (Å²) in [6, 6.07) is 19.0. The highest BCUT2D eigenvalue weighted by molar-refractivity contribution is 6.08. The molecule has 4 aromatic rings. The van der Waals surface area contributed by atoms with Crippen molar-refractivity contribution in [2.75, 3.05) is 7.11 Å². The molecule has 0 unspecified atom stereocenters. The Kier molecular flexibility index (Phi) is 4.81. The summed E-state index contributed by atoms with van der Waals surface area (Å²) in [5, 5.41) is 6.09. The molecular weight excluding hydrogens is 354 g/mol. The van der Waals surface area contributed by atoms with Gasteiger partial charge < -0.3 is 14.5 Å². The van der Waals surface area contributed by atoms with Gasteiger partial charge in [0.25, 0.3) is 0 Å². The van der Waals surface area contributed by atoms with E-state index in [-0.39, 0.29) is 18.3 Å². The van der Waals surface area contributed by atoms with Crippen LogP contribution in [0.2, 0.25) is 0 Å². The van der Waals surface area contributed by atoms with Gasteiger partial charge in [0.15, 0.2) is 0 Å². The molecule has 140 valence electrons. The first-order valence-corrected chi connectivity index (χ1v) is 8.97.